The molecule has 1 aromatic heterocycles. The Kier molecular flexibility index (Phi) is 3.40. The summed E-state index contributed by atoms with van der Waals surface area (Å²) in [4.78, 5) is 6.54. The van der Waals surface area contributed by atoms with Crippen LogP contribution >= 0.6 is 0 Å². The van der Waals surface area contributed by atoms with Crippen LogP contribution in [0.15, 0.2) is 0 Å². The first-order valence-electron chi connectivity index (χ1n) is 5.65. The molecule has 2 heterocycles. The molecule has 16 heavy (non-hydrogen) atoms. The molecule has 0 bridgehead atoms. The fraction of sp³-hybridized carbons (Fsp3) is 0.800. The molecule has 2 rings (SSSR count). The Balaban J connectivity index is 2.09. The third-order valence-electron chi connectivity index (χ3n) is 3.11. The Morgan fingerprint density at radius 2 is 2.44 bits per heavy atom. The van der Waals surface area contributed by atoms with Crippen molar-refractivity contribution in [3.8, 4) is 0 Å². The molecule has 0 spiro atoms. The van der Waals surface area contributed by atoms with Crippen molar-refractivity contribution < 1.29 is 4.74 Å². The van der Waals surface area contributed by atoms with Gasteiger partial charge in [0, 0.05) is 25.7 Å². The van der Waals surface area contributed by atoms with Gasteiger partial charge in [0.15, 0.2) is 5.82 Å². The van der Waals surface area contributed by atoms with E-state index in [2.05, 4.69) is 27.0 Å². The summed E-state index contributed by atoms with van der Waals surface area (Å²) < 4.78 is 5.00. The van der Waals surface area contributed by atoms with Gasteiger partial charge in [0.2, 0.25) is 5.95 Å². The Morgan fingerprint density at radius 1 is 1.62 bits per heavy atom. The van der Waals surface area contributed by atoms with Crippen LogP contribution in [0, 0.1) is 0 Å². The summed E-state index contributed by atoms with van der Waals surface area (Å²) in [6.07, 6.45) is 2.17. The largest absolute Gasteiger partial charge is 0.377 e. The Hall–Kier alpha value is -1.14. The number of anilines is 1. The molecule has 6 heteroatoms. The summed E-state index contributed by atoms with van der Waals surface area (Å²) in [6, 6.07) is 0.498. The van der Waals surface area contributed by atoms with E-state index in [1.807, 2.05) is 0 Å². The number of rotatable bonds is 3. The standard InChI is InChI=1S/C10H19N5O/c1-7-8(11)4-3-5-15(7)10-12-9(6-16-2)13-14-10/h7-8H,3-6,11H2,1-2H3,(H,12,13,14). The topological polar surface area (TPSA) is 80.1 Å². The fourth-order valence-electron chi connectivity index (χ4n) is 2.07. The maximum Gasteiger partial charge on any atom is 0.245 e. The summed E-state index contributed by atoms with van der Waals surface area (Å²) in [7, 11) is 1.64. The number of hydrogen-bond acceptors (Lipinski definition) is 5. The highest BCUT2D eigenvalue weighted by Crippen LogP contribution is 2.20. The highest BCUT2D eigenvalue weighted by molar-refractivity contribution is 5.32. The molecular weight excluding hydrogens is 206 g/mol. The van der Waals surface area contributed by atoms with Crippen molar-refractivity contribution in [2.24, 2.45) is 5.73 Å². The SMILES string of the molecule is COCc1nc(N2CCCC(N)C2C)n[nH]1. The molecule has 0 radical (unpaired) electrons. The summed E-state index contributed by atoms with van der Waals surface area (Å²) in [5.74, 6) is 1.48. The van der Waals surface area contributed by atoms with E-state index in [0.717, 1.165) is 31.2 Å². The lowest BCUT2D eigenvalue weighted by Crippen LogP contribution is -2.50. The highest BCUT2D eigenvalue weighted by Gasteiger charge is 2.27. The third-order valence-corrected chi connectivity index (χ3v) is 3.11. The van der Waals surface area contributed by atoms with E-state index >= 15 is 0 Å². The van der Waals surface area contributed by atoms with Gasteiger partial charge in [0.25, 0.3) is 0 Å². The lowest BCUT2D eigenvalue weighted by molar-refractivity contribution is 0.178. The van der Waals surface area contributed by atoms with Gasteiger partial charge in [0.05, 0.1) is 0 Å². The van der Waals surface area contributed by atoms with Gasteiger partial charge in [-0.2, -0.15) is 4.98 Å². The third kappa shape index (κ3) is 2.17. The highest BCUT2D eigenvalue weighted by atomic mass is 16.5. The summed E-state index contributed by atoms with van der Waals surface area (Å²) in [6.45, 7) is 3.55. The molecule has 0 aromatic carbocycles. The zero-order valence-electron chi connectivity index (χ0n) is 9.81. The predicted molar refractivity (Wildman–Crippen MR) is 61.1 cm³/mol. The van der Waals surface area contributed by atoms with E-state index in [-0.39, 0.29) is 6.04 Å². The second-order valence-electron chi connectivity index (χ2n) is 4.26. The number of piperidine rings is 1. The van der Waals surface area contributed by atoms with Crippen LogP contribution in [-0.2, 0) is 11.3 Å². The van der Waals surface area contributed by atoms with Crippen LogP contribution < -0.4 is 10.6 Å². The minimum Gasteiger partial charge on any atom is -0.377 e. The maximum atomic E-state index is 6.04. The van der Waals surface area contributed by atoms with Crippen LogP contribution in [0.25, 0.3) is 0 Å². The molecule has 1 saturated heterocycles. The van der Waals surface area contributed by atoms with Crippen LogP contribution in [0.2, 0.25) is 0 Å². The van der Waals surface area contributed by atoms with E-state index in [4.69, 9.17) is 10.5 Å². The number of hydrogen-bond donors (Lipinski definition) is 2. The number of nitrogens with zero attached hydrogens (tertiary/aromatic N) is 3. The van der Waals surface area contributed by atoms with Crippen LogP contribution in [-0.4, -0.2) is 40.9 Å². The van der Waals surface area contributed by atoms with Gasteiger partial charge in [-0.15, -0.1) is 5.10 Å². The van der Waals surface area contributed by atoms with E-state index < -0.39 is 0 Å². The molecule has 6 nitrogen and oxygen atoms in total. The summed E-state index contributed by atoms with van der Waals surface area (Å²) in [5, 5.41) is 7.07. The van der Waals surface area contributed by atoms with Crippen molar-refractivity contribution >= 4 is 5.95 Å². The van der Waals surface area contributed by atoms with Crippen molar-refractivity contribution in [3.05, 3.63) is 5.82 Å². The Labute approximate surface area is 95.2 Å². The number of nitrogens with two attached hydrogens (primary N) is 1. The molecule has 0 aliphatic carbocycles. The van der Waals surface area contributed by atoms with Crippen molar-refractivity contribution in [2.45, 2.75) is 38.5 Å². The van der Waals surface area contributed by atoms with Gasteiger partial charge >= 0.3 is 0 Å². The molecule has 0 saturated carbocycles. The molecule has 90 valence electrons. The van der Waals surface area contributed by atoms with Gasteiger partial charge < -0.3 is 15.4 Å². The molecule has 0 amide bonds. The van der Waals surface area contributed by atoms with Crippen LogP contribution in [0.1, 0.15) is 25.6 Å². The second-order valence-corrected chi connectivity index (χ2v) is 4.26. The fourth-order valence-corrected chi connectivity index (χ4v) is 2.07. The smallest absolute Gasteiger partial charge is 0.245 e. The number of aromatic nitrogens is 3. The van der Waals surface area contributed by atoms with Gasteiger partial charge in [-0.05, 0) is 19.8 Å². The average molecular weight is 225 g/mol. The van der Waals surface area contributed by atoms with Gasteiger partial charge in [-0.1, -0.05) is 0 Å². The minimum atomic E-state index is 0.207. The van der Waals surface area contributed by atoms with E-state index in [0.29, 0.717) is 12.6 Å². The average Bonchev–Trinajstić information content (AvgIpc) is 2.71. The molecule has 1 aliphatic rings. The minimum absolute atomic E-state index is 0.207. The summed E-state index contributed by atoms with van der Waals surface area (Å²) >= 11 is 0. The van der Waals surface area contributed by atoms with Gasteiger partial charge in [-0.3, -0.25) is 5.10 Å². The molecule has 1 aliphatic heterocycles. The molecule has 2 unspecified atom stereocenters. The quantitative estimate of drug-likeness (QED) is 0.771. The second kappa shape index (κ2) is 4.80. The van der Waals surface area contributed by atoms with Gasteiger partial charge in [-0.25, -0.2) is 0 Å². The summed E-state index contributed by atoms with van der Waals surface area (Å²) in [5.41, 5.74) is 6.04. The zero-order chi connectivity index (χ0) is 11.5. The molecule has 3 N–H and O–H groups in total. The predicted octanol–water partition coefficient (Wildman–Crippen LogP) is 0.267. The first-order chi connectivity index (χ1) is 7.72. The van der Waals surface area contributed by atoms with E-state index in [1.165, 1.54) is 0 Å². The molecule has 2 atom stereocenters. The first-order valence-corrected chi connectivity index (χ1v) is 5.65. The molecule has 1 aromatic rings. The molecule has 1 fully saturated rings. The number of methoxy groups -OCH3 is 1. The van der Waals surface area contributed by atoms with E-state index in [1.54, 1.807) is 7.11 Å². The normalized spacial score (nSPS) is 26.1. The number of aromatic amines is 1. The zero-order valence-corrected chi connectivity index (χ0v) is 9.81. The number of nitrogens with one attached hydrogen (secondary N) is 1. The van der Waals surface area contributed by atoms with Crippen molar-refractivity contribution in [1.29, 1.82) is 0 Å². The Morgan fingerprint density at radius 3 is 3.19 bits per heavy atom. The van der Waals surface area contributed by atoms with Gasteiger partial charge in [0.1, 0.15) is 6.61 Å². The maximum absolute atomic E-state index is 6.04. The first kappa shape index (κ1) is 11.3. The number of H-pyrrole nitrogens is 1. The van der Waals surface area contributed by atoms with Crippen LogP contribution in [0.4, 0.5) is 5.95 Å². The number of ether oxygens (including phenoxy) is 1. The monoisotopic (exact) mass is 225 g/mol. The van der Waals surface area contributed by atoms with Crippen LogP contribution in [0.3, 0.4) is 0 Å². The Bertz CT molecular complexity index is 340. The lowest BCUT2D eigenvalue weighted by Gasteiger charge is -2.36. The van der Waals surface area contributed by atoms with E-state index in [9.17, 15) is 0 Å². The van der Waals surface area contributed by atoms with Crippen molar-refractivity contribution in [1.82, 2.24) is 15.2 Å². The van der Waals surface area contributed by atoms with Crippen molar-refractivity contribution in [3.63, 3.8) is 0 Å². The van der Waals surface area contributed by atoms with Crippen LogP contribution in [0.5, 0.6) is 0 Å². The lowest BCUT2D eigenvalue weighted by atomic mass is 9.99. The molecular formula is C10H19N5O. The van der Waals surface area contributed by atoms with Crippen molar-refractivity contribution in [2.75, 3.05) is 18.6 Å².